The number of nitrogens with one attached hydrogen (secondary N) is 2. The summed E-state index contributed by atoms with van der Waals surface area (Å²) in [5.74, 6) is 1.13. The molecule has 0 spiro atoms. The predicted octanol–water partition coefficient (Wildman–Crippen LogP) is 3.31. The van der Waals surface area contributed by atoms with Crippen LogP contribution in [0.25, 0.3) is 0 Å². The third kappa shape index (κ3) is 4.29. The smallest absolute Gasteiger partial charge is 0.240 e. The van der Waals surface area contributed by atoms with Crippen molar-refractivity contribution < 1.29 is 4.74 Å². The zero-order chi connectivity index (χ0) is 15.5. The van der Waals surface area contributed by atoms with Crippen molar-refractivity contribution in [3.63, 3.8) is 0 Å². The molecule has 0 aromatic carbocycles. The molecule has 0 atom stereocenters. The van der Waals surface area contributed by atoms with Crippen molar-refractivity contribution in [3.8, 4) is 11.8 Å². The Morgan fingerprint density at radius 3 is 2.52 bits per heavy atom. The number of aryl methyl sites for hydroxylation is 1. The number of ether oxygens (including phenoxy) is 1. The van der Waals surface area contributed by atoms with Crippen molar-refractivity contribution in [2.75, 3.05) is 6.54 Å². The number of nitrogens with zero attached hydrogens (tertiary/aromatic N) is 2. The molecule has 0 fully saturated rings. The van der Waals surface area contributed by atoms with Gasteiger partial charge < -0.3 is 10.1 Å². The molecule has 0 unspecified atom stereocenters. The Hall–Kier alpha value is -1.88. The minimum absolute atomic E-state index is 0.0260. The molecular weight excluding hydrogens is 264 g/mol. The molecule has 2 heterocycles. The highest BCUT2D eigenvalue weighted by atomic mass is 16.5. The van der Waals surface area contributed by atoms with Gasteiger partial charge in [0.15, 0.2) is 0 Å². The summed E-state index contributed by atoms with van der Waals surface area (Å²) in [4.78, 5) is 4.61. The predicted molar refractivity (Wildman–Crippen MR) is 83.7 cm³/mol. The second-order valence-electron chi connectivity index (χ2n) is 6.22. The zero-order valence-electron chi connectivity index (χ0n) is 13.4. The first-order valence-electron chi connectivity index (χ1n) is 7.30. The Bertz CT molecular complexity index is 599. The van der Waals surface area contributed by atoms with Crippen molar-refractivity contribution in [1.29, 1.82) is 0 Å². The Balaban J connectivity index is 2.30. The Morgan fingerprint density at radius 1 is 1.19 bits per heavy atom. The van der Waals surface area contributed by atoms with Crippen LogP contribution in [0.3, 0.4) is 0 Å². The van der Waals surface area contributed by atoms with E-state index in [1.807, 2.05) is 19.1 Å². The fourth-order valence-electron chi connectivity index (χ4n) is 1.92. The molecule has 0 aliphatic carbocycles. The topological polar surface area (TPSA) is 62.8 Å². The van der Waals surface area contributed by atoms with Gasteiger partial charge in [-0.3, -0.25) is 5.10 Å². The van der Waals surface area contributed by atoms with Crippen LogP contribution >= 0.6 is 0 Å². The molecule has 0 radical (unpaired) electrons. The molecular formula is C16H24N4O. The van der Waals surface area contributed by atoms with Crippen molar-refractivity contribution in [3.05, 3.63) is 35.2 Å². The largest absolute Gasteiger partial charge is 0.419 e. The molecule has 21 heavy (non-hydrogen) atoms. The van der Waals surface area contributed by atoms with Crippen LogP contribution in [0.15, 0.2) is 18.2 Å². The molecule has 0 bridgehead atoms. The van der Waals surface area contributed by atoms with Gasteiger partial charge in [-0.2, -0.15) is 0 Å². The molecule has 5 heteroatoms. The quantitative estimate of drug-likeness (QED) is 0.886. The van der Waals surface area contributed by atoms with E-state index in [1.54, 1.807) is 0 Å². The van der Waals surface area contributed by atoms with Gasteiger partial charge in [0.25, 0.3) is 0 Å². The van der Waals surface area contributed by atoms with Crippen LogP contribution in [0.5, 0.6) is 11.8 Å². The normalized spacial score (nSPS) is 11.7. The second-order valence-corrected chi connectivity index (χ2v) is 6.22. The average molecular weight is 288 g/mol. The summed E-state index contributed by atoms with van der Waals surface area (Å²) < 4.78 is 5.77. The van der Waals surface area contributed by atoms with Crippen LogP contribution in [0.1, 0.15) is 44.6 Å². The summed E-state index contributed by atoms with van der Waals surface area (Å²) in [6.45, 7) is 12.2. The first-order chi connectivity index (χ1) is 9.88. The number of aromatic nitrogens is 3. The minimum Gasteiger partial charge on any atom is -0.419 e. The van der Waals surface area contributed by atoms with Crippen molar-refractivity contribution in [1.82, 2.24) is 20.5 Å². The van der Waals surface area contributed by atoms with Crippen LogP contribution in [-0.2, 0) is 12.0 Å². The lowest BCUT2D eigenvalue weighted by atomic mass is 9.91. The summed E-state index contributed by atoms with van der Waals surface area (Å²) in [5.41, 5.74) is 3.12. The summed E-state index contributed by atoms with van der Waals surface area (Å²) in [6, 6.07) is 5.95. The van der Waals surface area contributed by atoms with Gasteiger partial charge >= 0.3 is 0 Å². The number of rotatable bonds is 5. The lowest BCUT2D eigenvalue weighted by Crippen LogP contribution is -2.17. The third-order valence-corrected chi connectivity index (χ3v) is 3.10. The summed E-state index contributed by atoms with van der Waals surface area (Å²) in [7, 11) is 0. The van der Waals surface area contributed by atoms with E-state index < -0.39 is 0 Å². The first kappa shape index (κ1) is 15.5. The molecule has 0 saturated heterocycles. The third-order valence-electron chi connectivity index (χ3n) is 3.10. The molecule has 0 saturated carbocycles. The second kappa shape index (κ2) is 6.26. The molecule has 5 nitrogen and oxygen atoms in total. The Kier molecular flexibility index (Phi) is 4.63. The van der Waals surface area contributed by atoms with Gasteiger partial charge in [0, 0.05) is 29.8 Å². The maximum absolute atomic E-state index is 5.77. The fourth-order valence-corrected chi connectivity index (χ4v) is 1.92. The molecule has 0 aliphatic heterocycles. The highest BCUT2D eigenvalue weighted by molar-refractivity contribution is 5.30. The number of H-pyrrole nitrogens is 1. The Morgan fingerprint density at radius 2 is 1.95 bits per heavy atom. The van der Waals surface area contributed by atoms with Gasteiger partial charge in [-0.15, -0.1) is 5.10 Å². The average Bonchev–Trinajstić information content (AvgIpc) is 2.80. The van der Waals surface area contributed by atoms with Crippen LogP contribution in [0, 0.1) is 6.92 Å². The van der Waals surface area contributed by atoms with Gasteiger partial charge in [0.2, 0.25) is 11.8 Å². The van der Waals surface area contributed by atoms with Crippen molar-refractivity contribution in [2.24, 2.45) is 0 Å². The van der Waals surface area contributed by atoms with Crippen molar-refractivity contribution >= 4 is 0 Å². The molecule has 2 rings (SSSR count). The maximum Gasteiger partial charge on any atom is 0.240 e. The summed E-state index contributed by atoms with van der Waals surface area (Å²) >= 11 is 0. The van der Waals surface area contributed by atoms with Crippen LogP contribution in [0.2, 0.25) is 0 Å². The Labute approximate surface area is 126 Å². The number of aromatic amines is 1. The highest BCUT2D eigenvalue weighted by Gasteiger charge is 2.18. The fraction of sp³-hybridized carbons (Fsp3) is 0.500. The van der Waals surface area contributed by atoms with E-state index in [9.17, 15) is 0 Å². The van der Waals surface area contributed by atoms with E-state index >= 15 is 0 Å². The lowest BCUT2D eigenvalue weighted by Gasteiger charge is -2.19. The van der Waals surface area contributed by atoms with Gasteiger partial charge in [0.05, 0.1) is 5.69 Å². The van der Waals surface area contributed by atoms with Gasteiger partial charge in [-0.05, 0) is 25.1 Å². The molecule has 2 N–H and O–H groups in total. The van der Waals surface area contributed by atoms with Gasteiger partial charge in [-0.1, -0.05) is 27.7 Å². The van der Waals surface area contributed by atoms with E-state index in [0.717, 1.165) is 24.5 Å². The zero-order valence-corrected chi connectivity index (χ0v) is 13.4. The molecule has 2 aromatic rings. The first-order valence-corrected chi connectivity index (χ1v) is 7.30. The highest BCUT2D eigenvalue weighted by Crippen LogP contribution is 2.26. The monoisotopic (exact) mass is 288 g/mol. The molecule has 0 aliphatic rings. The molecule has 2 aromatic heterocycles. The van der Waals surface area contributed by atoms with Crippen LogP contribution < -0.4 is 10.1 Å². The SMILES string of the molecule is CCNCc1cc(Oc2cc(C)[nH]n2)nc(C(C)(C)C)c1. The summed E-state index contributed by atoms with van der Waals surface area (Å²) in [5, 5.41) is 10.3. The van der Waals surface area contributed by atoms with Crippen LogP contribution in [0.4, 0.5) is 0 Å². The molecule has 114 valence electrons. The minimum atomic E-state index is -0.0260. The van der Waals surface area contributed by atoms with Gasteiger partial charge in [-0.25, -0.2) is 4.98 Å². The number of hydrogen-bond donors (Lipinski definition) is 2. The van der Waals surface area contributed by atoms with E-state index in [1.165, 1.54) is 5.56 Å². The van der Waals surface area contributed by atoms with E-state index in [0.29, 0.717) is 11.8 Å². The summed E-state index contributed by atoms with van der Waals surface area (Å²) in [6.07, 6.45) is 0. The maximum atomic E-state index is 5.77. The van der Waals surface area contributed by atoms with Crippen LogP contribution in [-0.4, -0.2) is 21.7 Å². The van der Waals surface area contributed by atoms with Crippen molar-refractivity contribution in [2.45, 2.75) is 46.6 Å². The van der Waals surface area contributed by atoms with E-state index in [4.69, 9.17) is 4.74 Å². The standard InChI is InChI=1S/C16H24N4O/c1-6-17-10-12-8-13(16(3,4)5)18-14(9-12)21-15-7-11(2)19-20-15/h7-9,17H,6,10H2,1-5H3,(H,19,20). The molecule has 0 amide bonds. The van der Waals surface area contributed by atoms with E-state index in [-0.39, 0.29) is 5.41 Å². The lowest BCUT2D eigenvalue weighted by molar-refractivity contribution is 0.433. The number of pyridine rings is 1. The van der Waals surface area contributed by atoms with Gasteiger partial charge in [0.1, 0.15) is 0 Å². The van der Waals surface area contributed by atoms with E-state index in [2.05, 4.69) is 54.3 Å². The number of hydrogen-bond acceptors (Lipinski definition) is 4.